The average Bonchev–Trinajstić information content (AvgIpc) is 2.71. The molecule has 0 fully saturated rings. The van der Waals surface area contributed by atoms with Gasteiger partial charge in [0, 0.05) is 12.1 Å². The molecule has 0 saturated heterocycles. The van der Waals surface area contributed by atoms with E-state index >= 15 is 0 Å². The van der Waals surface area contributed by atoms with Gasteiger partial charge < -0.3 is 20.5 Å². The Morgan fingerprint density at radius 3 is 2.60 bits per heavy atom. The van der Waals surface area contributed by atoms with E-state index in [1.807, 2.05) is 0 Å². The number of carbonyl (C=O) groups is 2. The maximum atomic E-state index is 12.2. The highest BCUT2D eigenvalue weighted by molar-refractivity contribution is 6.00. The minimum Gasteiger partial charge on any atom is -0.493 e. The highest BCUT2D eigenvalue weighted by Crippen LogP contribution is 2.29. The fraction of sp³-hybridized carbons (Fsp3) is 0.150. The molecule has 154 valence electrons. The zero-order chi connectivity index (χ0) is 22.3. The Bertz CT molecular complexity index is 1070. The molecule has 2 aromatic carbocycles. The molecule has 2 amide bonds. The maximum Gasteiger partial charge on any atom is 0.271 e. The molecule has 0 aromatic heterocycles. The molecule has 0 aliphatic carbocycles. The Morgan fingerprint density at radius 2 is 2.00 bits per heavy atom. The number of carbonyl (C=O) groups excluding carboxylic acids is 2. The van der Waals surface area contributed by atoms with Gasteiger partial charge in [0.25, 0.3) is 17.5 Å². The number of primary amides is 1. The Hall–Kier alpha value is -4.39. The molecule has 3 N–H and O–H groups in total. The third-order valence-electron chi connectivity index (χ3n) is 3.95. The number of anilines is 1. The van der Waals surface area contributed by atoms with Crippen molar-refractivity contribution in [3.8, 4) is 17.6 Å². The normalized spacial score (nSPS) is 10.6. The summed E-state index contributed by atoms with van der Waals surface area (Å²) in [6.07, 6.45) is 1.30. The van der Waals surface area contributed by atoms with Gasteiger partial charge in [-0.3, -0.25) is 19.7 Å². The number of amides is 2. The van der Waals surface area contributed by atoms with E-state index in [-0.39, 0.29) is 29.4 Å². The van der Waals surface area contributed by atoms with Crippen molar-refractivity contribution in [1.29, 1.82) is 5.26 Å². The molecule has 0 radical (unpaired) electrons. The highest BCUT2D eigenvalue weighted by atomic mass is 16.6. The largest absolute Gasteiger partial charge is 0.493 e. The van der Waals surface area contributed by atoms with Crippen molar-refractivity contribution < 1.29 is 24.0 Å². The van der Waals surface area contributed by atoms with Gasteiger partial charge in [-0.25, -0.2) is 0 Å². The Balaban J connectivity index is 2.11. The van der Waals surface area contributed by atoms with Gasteiger partial charge in [0.1, 0.15) is 11.6 Å². The number of nitriles is 1. The summed E-state index contributed by atoms with van der Waals surface area (Å²) < 4.78 is 10.7. The molecule has 0 bridgehead atoms. The van der Waals surface area contributed by atoms with Gasteiger partial charge in [-0.2, -0.15) is 5.26 Å². The van der Waals surface area contributed by atoms with E-state index in [1.165, 1.54) is 43.5 Å². The molecule has 10 nitrogen and oxygen atoms in total. The van der Waals surface area contributed by atoms with Crippen LogP contribution in [0.5, 0.6) is 11.5 Å². The van der Waals surface area contributed by atoms with E-state index in [9.17, 15) is 19.7 Å². The number of nitro groups is 1. The van der Waals surface area contributed by atoms with Crippen LogP contribution in [0.25, 0.3) is 6.08 Å². The molecule has 30 heavy (non-hydrogen) atoms. The van der Waals surface area contributed by atoms with Crippen LogP contribution in [0.1, 0.15) is 11.1 Å². The molecule has 2 aromatic rings. The molecule has 0 saturated carbocycles. The summed E-state index contributed by atoms with van der Waals surface area (Å²) in [5, 5.41) is 22.4. The van der Waals surface area contributed by atoms with Crippen LogP contribution in [0.2, 0.25) is 0 Å². The van der Waals surface area contributed by atoms with Crippen LogP contribution in [-0.4, -0.2) is 30.5 Å². The molecule has 0 heterocycles. The lowest BCUT2D eigenvalue weighted by Gasteiger charge is -2.12. The van der Waals surface area contributed by atoms with Gasteiger partial charge in [0.15, 0.2) is 18.1 Å². The number of rotatable bonds is 8. The third kappa shape index (κ3) is 5.56. The topological polar surface area (TPSA) is 158 Å². The number of nitrogens with one attached hydrogen (secondary N) is 1. The molecule has 10 heteroatoms. The van der Waals surface area contributed by atoms with Crippen molar-refractivity contribution in [1.82, 2.24) is 0 Å². The zero-order valence-electron chi connectivity index (χ0n) is 16.2. The molecule has 0 atom stereocenters. The first kappa shape index (κ1) is 21.9. The quantitative estimate of drug-likeness (QED) is 0.292. The van der Waals surface area contributed by atoms with Crippen LogP contribution >= 0.6 is 0 Å². The number of nitrogens with two attached hydrogens (primary N) is 1. The second kappa shape index (κ2) is 9.70. The van der Waals surface area contributed by atoms with Gasteiger partial charge in [0.05, 0.1) is 17.7 Å². The summed E-state index contributed by atoms with van der Waals surface area (Å²) in [5.41, 5.74) is 6.18. The van der Waals surface area contributed by atoms with E-state index in [4.69, 9.17) is 20.5 Å². The van der Waals surface area contributed by atoms with Crippen molar-refractivity contribution in [2.24, 2.45) is 5.73 Å². The van der Waals surface area contributed by atoms with Gasteiger partial charge in [-0.1, -0.05) is 12.1 Å². The molecule has 0 unspecified atom stereocenters. The lowest BCUT2D eigenvalue weighted by atomic mass is 10.1. The van der Waals surface area contributed by atoms with Crippen molar-refractivity contribution in [2.45, 2.75) is 6.92 Å². The molecule has 0 aliphatic heterocycles. The van der Waals surface area contributed by atoms with Crippen LogP contribution in [0.15, 0.2) is 42.0 Å². The third-order valence-corrected chi connectivity index (χ3v) is 3.95. The predicted octanol–water partition coefficient (Wildman–Crippen LogP) is 2.32. The van der Waals surface area contributed by atoms with Gasteiger partial charge >= 0.3 is 0 Å². The lowest BCUT2D eigenvalue weighted by molar-refractivity contribution is -0.384. The SMILES string of the molecule is COc1cc(C=C(C#N)C(N)=O)ccc1OCC(=O)Nc1cc([N+](=O)[O-])ccc1C. The number of aryl methyl sites for hydroxylation is 1. The number of methoxy groups -OCH3 is 1. The van der Waals surface area contributed by atoms with Gasteiger partial charge in [-0.15, -0.1) is 0 Å². The van der Waals surface area contributed by atoms with Crippen molar-refractivity contribution in [3.63, 3.8) is 0 Å². The molecule has 2 rings (SSSR count). The van der Waals surface area contributed by atoms with Crippen LogP contribution in [-0.2, 0) is 9.59 Å². The van der Waals surface area contributed by atoms with Crippen molar-refractivity contribution in [2.75, 3.05) is 19.0 Å². The van der Waals surface area contributed by atoms with Gasteiger partial charge in [-0.05, 0) is 36.3 Å². The minimum atomic E-state index is -0.857. The fourth-order valence-electron chi connectivity index (χ4n) is 2.41. The van der Waals surface area contributed by atoms with E-state index in [0.717, 1.165) is 0 Å². The first-order valence-electron chi connectivity index (χ1n) is 8.52. The van der Waals surface area contributed by atoms with Crippen LogP contribution in [0.3, 0.4) is 0 Å². The van der Waals surface area contributed by atoms with E-state index in [0.29, 0.717) is 16.8 Å². The second-order valence-corrected chi connectivity index (χ2v) is 6.04. The van der Waals surface area contributed by atoms with E-state index in [2.05, 4.69) is 5.32 Å². The smallest absolute Gasteiger partial charge is 0.271 e. The number of ether oxygens (including phenoxy) is 2. The van der Waals surface area contributed by atoms with Gasteiger partial charge in [0.2, 0.25) is 0 Å². The molecule has 0 spiro atoms. The van der Waals surface area contributed by atoms with E-state index in [1.54, 1.807) is 19.1 Å². The molecular formula is C20H18N4O6. The van der Waals surface area contributed by atoms with Crippen molar-refractivity contribution >= 4 is 29.3 Å². The average molecular weight is 410 g/mol. The van der Waals surface area contributed by atoms with Crippen LogP contribution in [0, 0.1) is 28.4 Å². The number of benzene rings is 2. The standard InChI is InChI=1S/C20H18N4O6/c1-12-3-5-15(24(27)28)9-16(12)23-19(25)11-30-17-6-4-13(8-18(17)29-2)7-14(10-21)20(22)26/h3-9H,11H2,1-2H3,(H2,22,26)(H,23,25). The van der Waals surface area contributed by atoms with E-state index < -0.39 is 16.7 Å². The Morgan fingerprint density at radius 1 is 1.27 bits per heavy atom. The first-order chi connectivity index (χ1) is 14.2. The summed E-state index contributed by atoms with van der Waals surface area (Å²) in [5.74, 6) is -0.863. The number of hydrogen-bond acceptors (Lipinski definition) is 7. The number of nitrogens with zero attached hydrogens (tertiary/aromatic N) is 2. The second-order valence-electron chi connectivity index (χ2n) is 6.04. The first-order valence-corrected chi connectivity index (χ1v) is 8.52. The molecular weight excluding hydrogens is 392 g/mol. The Labute approximate surface area is 171 Å². The van der Waals surface area contributed by atoms with Crippen molar-refractivity contribution in [3.05, 3.63) is 63.2 Å². The minimum absolute atomic E-state index is 0.144. The van der Waals surface area contributed by atoms with Crippen LogP contribution in [0.4, 0.5) is 11.4 Å². The summed E-state index contributed by atoms with van der Waals surface area (Å²) in [6.45, 7) is 1.33. The number of non-ortho nitro benzene ring substituents is 1. The monoisotopic (exact) mass is 410 g/mol. The summed E-state index contributed by atoms with van der Waals surface area (Å²) in [7, 11) is 1.39. The number of nitro benzene ring substituents is 1. The Kier molecular flexibility index (Phi) is 7.08. The summed E-state index contributed by atoms with van der Waals surface area (Å²) in [6, 6.07) is 10.4. The fourth-order valence-corrected chi connectivity index (χ4v) is 2.41. The summed E-state index contributed by atoms with van der Waals surface area (Å²) >= 11 is 0. The summed E-state index contributed by atoms with van der Waals surface area (Å²) in [4.78, 5) is 33.7. The number of hydrogen-bond donors (Lipinski definition) is 2. The zero-order valence-corrected chi connectivity index (χ0v) is 16.2. The van der Waals surface area contributed by atoms with Crippen LogP contribution < -0.4 is 20.5 Å². The highest BCUT2D eigenvalue weighted by Gasteiger charge is 2.13. The molecule has 0 aliphatic rings. The lowest BCUT2D eigenvalue weighted by Crippen LogP contribution is -2.21. The predicted molar refractivity (Wildman–Crippen MR) is 108 cm³/mol. The maximum absolute atomic E-state index is 12.2.